The van der Waals surface area contributed by atoms with Gasteiger partial charge >= 0.3 is 0 Å². The van der Waals surface area contributed by atoms with Crippen LogP contribution in [0.3, 0.4) is 0 Å². The van der Waals surface area contributed by atoms with Crippen LogP contribution < -0.4 is 5.32 Å². The maximum Gasteiger partial charge on any atom is 0.237 e. The van der Waals surface area contributed by atoms with E-state index in [4.69, 9.17) is 0 Å². The zero-order chi connectivity index (χ0) is 11.6. The van der Waals surface area contributed by atoms with Crippen LogP contribution in [0.2, 0.25) is 0 Å². The number of hydrogen-bond acceptors (Lipinski definition) is 4. The van der Waals surface area contributed by atoms with Crippen molar-refractivity contribution in [2.75, 3.05) is 25.4 Å². The molecule has 6 heteroatoms. The lowest BCUT2D eigenvalue weighted by Gasteiger charge is -2.32. The minimum atomic E-state index is -3.09. The number of carbonyl (C=O) groups excluding carboxylic acids is 1. The molecular formula is C10H18N2O3S. The Morgan fingerprint density at radius 1 is 1.25 bits per heavy atom. The molecule has 2 fully saturated rings. The third kappa shape index (κ3) is 2.38. The van der Waals surface area contributed by atoms with Gasteiger partial charge in [0, 0.05) is 6.54 Å². The highest BCUT2D eigenvalue weighted by Crippen LogP contribution is 2.23. The second kappa shape index (κ2) is 4.71. The summed E-state index contributed by atoms with van der Waals surface area (Å²) in [5.41, 5.74) is 0. The molecule has 1 atom stereocenters. The van der Waals surface area contributed by atoms with Crippen LogP contribution in [0.15, 0.2) is 0 Å². The second-order valence-corrected chi connectivity index (χ2v) is 6.71. The quantitative estimate of drug-likeness (QED) is 0.692. The number of rotatable bonds is 1. The van der Waals surface area contributed by atoms with E-state index in [0.717, 1.165) is 25.8 Å². The molecule has 0 aliphatic carbocycles. The molecule has 0 aromatic heterocycles. The van der Waals surface area contributed by atoms with Gasteiger partial charge in [-0.15, -0.1) is 0 Å². The Morgan fingerprint density at radius 3 is 2.81 bits per heavy atom. The fourth-order valence-corrected chi connectivity index (χ4v) is 4.40. The second-order valence-electron chi connectivity index (χ2n) is 4.43. The summed E-state index contributed by atoms with van der Waals surface area (Å²) in [5.74, 6) is 0.155. The van der Waals surface area contributed by atoms with E-state index in [0.29, 0.717) is 13.0 Å². The Labute approximate surface area is 96.1 Å². The van der Waals surface area contributed by atoms with E-state index in [-0.39, 0.29) is 18.2 Å². The van der Waals surface area contributed by atoms with Gasteiger partial charge < -0.3 is 10.2 Å². The fraction of sp³-hybridized carbons (Fsp3) is 0.900. The average molecular weight is 246 g/mol. The molecule has 0 aromatic carbocycles. The number of amides is 1. The Bertz CT molecular complexity index is 366. The van der Waals surface area contributed by atoms with Crippen LogP contribution in [0.25, 0.3) is 0 Å². The summed E-state index contributed by atoms with van der Waals surface area (Å²) >= 11 is 0. The summed E-state index contributed by atoms with van der Waals surface area (Å²) in [7, 11) is -3.09. The Balaban J connectivity index is 2.17. The summed E-state index contributed by atoms with van der Waals surface area (Å²) in [5, 5.41) is 2.45. The Hall–Kier alpha value is -0.620. The van der Waals surface area contributed by atoms with E-state index in [1.54, 1.807) is 4.90 Å². The summed E-state index contributed by atoms with van der Waals surface area (Å²) in [6, 6.07) is 0. The molecule has 5 nitrogen and oxygen atoms in total. The summed E-state index contributed by atoms with van der Waals surface area (Å²) < 4.78 is 23.8. The monoisotopic (exact) mass is 246 g/mol. The first-order chi connectivity index (χ1) is 7.61. The standard InChI is InChI=1S/C10H18N2O3S/c13-9-8-11-5-3-6-12(9)10-4-1-2-7-16(10,14)15/h10-11H,1-8H2. The molecule has 2 rings (SSSR count). The van der Waals surface area contributed by atoms with Crippen LogP contribution in [0, 0.1) is 0 Å². The van der Waals surface area contributed by atoms with Crippen LogP contribution in [0.5, 0.6) is 0 Å². The molecule has 0 spiro atoms. The van der Waals surface area contributed by atoms with Crippen LogP contribution in [0.4, 0.5) is 0 Å². The van der Waals surface area contributed by atoms with E-state index in [1.807, 2.05) is 0 Å². The van der Waals surface area contributed by atoms with Crippen molar-refractivity contribution >= 4 is 15.7 Å². The van der Waals surface area contributed by atoms with Gasteiger partial charge in [-0.05, 0) is 32.2 Å². The Kier molecular flexibility index (Phi) is 3.49. The van der Waals surface area contributed by atoms with E-state index < -0.39 is 15.2 Å². The maximum atomic E-state index is 11.9. The molecule has 1 unspecified atom stereocenters. The molecule has 0 radical (unpaired) electrons. The summed E-state index contributed by atoms with van der Waals surface area (Å²) in [6.07, 6.45) is 3.08. The summed E-state index contributed by atoms with van der Waals surface area (Å²) in [6.45, 7) is 1.62. The molecule has 0 saturated carbocycles. The van der Waals surface area contributed by atoms with Crippen molar-refractivity contribution in [1.82, 2.24) is 10.2 Å². The third-order valence-electron chi connectivity index (χ3n) is 3.24. The van der Waals surface area contributed by atoms with Crippen LogP contribution in [0.1, 0.15) is 25.7 Å². The summed E-state index contributed by atoms with van der Waals surface area (Å²) in [4.78, 5) is 13.4. The highest BCUT2D eigenvalue weighted by Gasteiger charge is 2.36. The fourth-order valence-electron chi connectivity index (χ4n) is 2.39. The highest BCUT2D eigenvalue weighted by molar-refractivity contribution is 7.92. The predicted octanol–water partition coefficient (Wildman–Crippen LogP) is -0.267. The van der Waals surface area contributed by atoms with Gasteiger partial charge in [0.05, 0.1) is 12.3 Å². The van der Waals surface area contributed by atoms with Crippen molar-refractivity contribution in [1.29, 1.82) is 0 Å². The SMILES string of the molecule is O=C1CNCCCN1C1CCCCS1(=O)=O. The van der Waals surface area contributed by atoms with Crippen molar-refractivity contribution in [3.05, 3.63) is 0 Å². The first kappa shape index (κ1) is 11.9. The lowest BCUT2D eigenvalue weighted by atomic mass is 10.2. The minimum Gasteiger partial charge on any atom is -0.324 e. The van der Waals surface area contributed by atoms with Gasteiger partial charge in [-0.25, -0.2) is 8.42 Å². The smallest absolute Gasteiger partial charge is 0.237 e. The van der Waals surface area contributed by atoms with Crippen molar-refractivity contribution < 1.29 is 13.2 Å². The average Bonchev–Trinajstić information content (AvgIpc) is 2.43. The molecule has 2 heterocycles. The lowest BCUT2D eigenvalue weighted by molar-refractivity contribution is -0.130. The first-order valence-electron chi connectivity index (χ1n) is 5.83. The molecule has 0 bridgehead atoms. The van der Waals surface area contributed by atoms with Crippen molar-refractivity contribution in [2.24, 2.45) is 0 Å². The molecular weight excluding hydrogens is 228 g/mol. The highest BCUT2D eigenvalue weighted by atomic mass is 32.2. The molecule has 2 aliphatic heterocycles. The van der Waals surface area contributed by atoms with Crippen LogP contribution in [-0.2, 0) is 14.6 Å². The van der Waals surface area contributed by atoms with Gasteiger partial charge in [0.15, 0.2) is 9.84 Å². The number of nitrogens with zero attached hydrogens (tertiary/aromatic N) is 1. The van der Waals surface area contributed by atoms with Crippen LogP contribution >= 0.6 is 0 Å². The zero-order valence-electron chi connectivity index (χ0n) is 9.31. The molecule has 1 amide bonds. The third-order valence-corrected chi connectivity index (χ3v) is 5.42. The van der Waals surface area contributed by atoms with Gasteiger partial charge in [0.1, 0.15) is 5.37 Å². The number of sulfone groups is 1. The molecule has 2 saturated heterocycles. The lowest BCUT2D eigenvalue weighted by Crippen LogP contribution is -2.48. The largest absolute Gasteiger partial charge is 0.324 e. The van der Waals surface area contributed by atoms with Crippen molar-refractivity contribution in [2.45, 2.75) is 31.1 Å². The Morgan fingerprint density at radius 2 is 2.06 bits per heavy atom. The van der Waals surface area contributed by atoms with Crippen molar-refractivity contribution in [3.8, 4) is 0 Å². The van der Waals surface area contributed by atoms with Gasteiger partial charge in [-0.1, -0.05) is 0 Å². The molecule has 0 aromatic rings. The number of nitrogens with one attached hydrogen (secondary N) is 1. The molecule has 16 heavy (non-hydrogen) atoms. The molecule has 1 N–H and O–H groups in total. The number of hydrogen-bond donors (Lipinski definition) is 1. The minimum absolute atomic E-state index is 0.0759. The predicted molar refractivity (Wildman–Crippen MR) is 60.6 cm³/mol. The maximum absolute atomic E-state index is 11.9. The van der Waals surface area contributed by atoms with Gasteiger partial charge in [-0.2, -0.15) is 0 Å². The molecule has 2 aliphatic rings. The normalized spacial score (nSPS) is 31.1. The van der Waals surface area contributed by atoms with Crippen molar-refractivity contribution in [3.63, 3.8) is 0 Å². The molecule has 92 valence electrons. The van der Waals surface area contributed by atoms with Gasteiger partial charge in [0.25, 0.3) is 0 Å². The van der Waals surface area contributed by atoms with Crippen LogP contribution in [-0.4, -0.2) is 50.0 Å². The van der Waals surface area contributed by atoms with Gasteiger partial charge in [-0.3, -0.25) is 4.79 Å². The van der Waals surface area contributed by atoms with Gasteiger partial charge in [0.2, 0.25) is 5.91 Å². The van der Waals surface area contributed by atoms with E-state index in [9.17, 15) is 13.2 Å². The number of carbonyl (C=O) groups is 1. The zero-order valence-corrected chi connectivity index (χ0v) is 10.1. The van der Waals surface area contributed by atoms with E-state index in [1.165, 1.54) is 0 Å². The topological polar surface area (TPSA) is 66.5 Å². The first-order valence-corrected chi connectivity index (χ1v) is 7.54. The van der Waals surface area contributed by atoms with E-state index in [2.05, 4.69) is 5.32 Å². The van der Waals surface area contributed by atoms with E-state index >= 15 is 0 Å².